The van der Waals surface area contributed by atoms with Crippen molar-refractivity contribution < 1.29 is 55.6 Å². The SMILES string of the molecule is O=C(O)C(F)(F)F.O=C(O)C(F)(F)F.c1ccc(OCC2CC3OCCN(Cc4cccnc4)C3C2)nc1. The molecule has 1 aliphatic heterocycles. The number of hydrogen-bond donors (Lipinski definition) is 2. The highest BCUT2D eigenvalue weighted by Crippen LogP contribution is 2.35. The Balaban J connectivity index is 0.000000301. The second-order valence-corrected chi connectivity index (χ2v) is 8.23. The van der Waals surface area contributed by atoms with E-state index in [-0.39, 0.29) is 0 Å². The molecule has 3 atom stereocenters. The van der Waals surface area contributed by atoms with E-state index >= 15 is 0 Å². The van der Waals surface area contributed by atoms with Crippen molar-refractivity contribution >= 4 is 11.9 Å². The first-order valence-corrected chi connectivity index (χ1v) is 11.2. The molecule has 1 saturated heterocycles. The van der Waals surface area contributed by atoms with Gasteiger partial charge in [-0.1, -0.05) is 12.1 Å². The van der Waals surface area contributed by atoms with Crippen molar-refractivity contribution in [3.05, 3.63) is 54.5 Å². The zero-order chi connectivity index (χ0) is 28.3. The number of nitrogens with zero attached hydrogens (tertiary/aromatic N) is 3. The summed E-state index contributed by atoms with van der Waals surface area (Å²) in [4.78, 5) is 28.8. The second-order valence-electron chi connectivity index (χ2n) is 8.23. The van der Waals surface area contributed by atoms with Crippen LogP contribution < -0.4 is 4.74 Å². The van der Waals surface area contributed by atoms with Gasteiger partial charge in [0.05, 0.1) is 19.3 Å². The zero-order valence-corrected chi connectivity index (χ0v) is 19.7. The molecular weight excluding hydrogens is 528 g/mol. The third-order valence-electron chi connectivity index (χ3n) is 5.45. The van der Waals surface area contributed by atoms with Crippen LogP contribution in [0.15, 0.2) is 48.9 Å². The van der Waals surface area contributed by atoms with Crippen LogP contribution in [0.5, 0.6) is 5.88 Å². The number of alkyl halides is 6. The van der Waals surface area contributed by atoms with Gasteiger partial charge in [0, 0.05) is 43.8 Å². The lowest BCUT2D eigenvalue weighted by Gasteiger charge is -2.37. The van der Waals surface area contributed by atoms with Crippen molar-refractivity contribution in [3.8, 4) is 5.88 Å². The van der Waals surface area contributed by atoms with Crippen molar-refractivity contribution in [2.24, 2.45) is 5.92 Å². The summed E-state index contributed by atoms with van der Waals surface area (Å²) in [5.74, 6) is -4.28. The molecule has 2 N–H and O–H groups in total. The molecule has 0 radical (unpaired) electrons. The number of fused-ring (bicyclic) bond motifs is 1. The van der Waals surface area contributed by atoms with Gasteiger partial charge in [-0.3, -0.25) is 9.88 Å². The smallest absolute Gasteiger partial charge is 0.477 e. The fraction of sp³-hybridized carbons (Fsp3) is 0.478. The van der Waals surface area contributed by atoms with E-state index in [4.69, 9.17) is 29.3 Å². The monoisotopic (exact) mass is 553 g/mol. The number of halogens is 6. The van der Waals surface area contributed by atoms with Gasteiger partial charge in [-0.15, -0.1) is 0 Å². The first-order valence-electron chi connectivity index (χ1n) is 11.2. The zero-order valence-electron chi connectivity index (χ0n) is 19.7. The molecule has 2 aromatic heterocycles. The molecule has 15 heteroatoms. The fourth-order valence-corrected chi connectivity index (χ4v) is 3.82. The summed E-state index contributed by atoms with van der Waals surface area (Å²) in [6.45, 7) is 3.47. The molecular formula is C23H25F6N3O6. The van der Waals surface area contributed by atoms with Crippen molar-refractivity contribution in [2.75, 3.05) is 19.8 Å². The molecule has 1 aliphatic carbocycles. The molecule has 0 spiro atoms. The first-order chi connectivity index (χ1) is 17.8. The van der Waals surface area contributed by atoms with Crippen molar-refractivity contribution in [3.63, 3.8) is 0 Å². The maximum absolute atomic E-state index is 10.6. The molecule has 1 saturated carbocycles. The Labute approximate surface area is 213 Å². The molecule has 2 aliphatic rings. The number of aliphatic carboxylic acids is 2. The van der Waals surface area contributed by atoms with Gasteiger partial charge in [0.25, 0.3) is 0 Å². The van der Waals surface area contributed by atoms with Crippen LogP contribution in [-0.2, 0) is 20.9 Å². The van der Waals surface area contributed by atoms with E-state index in [1.165, 1.54) is 5.56 Å². The number of carboxylic acids is 2. The Kier molecular flexibility index (Phi) is 11.3. The predicted octanol–water partition coefficient (Wildman–Crippen LogP) is 3.80. The standard InChI is InChI=1S/C19H23N3O2.2C2HF3O2/c1-2-7-21-19(5-1)24-14-16-10-17-18(11-16)23-9-8-22(17)13-15-4-3-6-20-12-15;2*3-2(4,5)1(6)7/h1-7,12,16-18H,8-11,13-14H2;2*(H,6,7). The number of rotatable bonds is 5. The first kappa shape index (κ1) is 30.8. The molecule has 0 bridgehead atoms. The van der Waals surface area contributed by atoms with Crippen LogP contribution in [0.4, 0.5) is 26.3 Å². The van der Waals surface area contributed by atoms with Gasteiger partial charge in [0.15, 0.2) is 0 Å². The van der Waals surface area contributed by atoms with Crippen LogP contribution in [0.3, 0.4) is 0 Å². The van der Waals surface area contributed by atoms with Crippen molar-refractivity contribution in [2.45, 2.75) is 43.9 Å². The third-order valence-corrected chi connectivity index (χ3v) is 5.45. The molecule has 210 valence electrons. The number of ether oxygens (including phenoxy) is 2. The van der Waals surface area contributed by atoms with E-state index in [1.807, 2.05) is 36.7 Å². The largest absolute Gasteiger partial charge is 0.490 e. The highest BCUT2D eigenvalue weighted by atomic mass is 19.4. The highest BCUT2D eigenvalue weighted by molar-refractivity contribution is 5.73. The average molecular weight is 553 g/mol. The molecule has 4 rings (SSSR count). The molecule has 9 nitrogen and oxygen atoms in total. The minimum atomic E-state index is -5.08. The van der Waals surface area contributed by atoms with E-state index in [9.17, 15) is 26.3 Å². The Morgan fingerprint density at radius 2 is 1.66 bits per heavy atom. The van der Waals surface area contributed by atoms with Crippen LogP contribution in [0.1, 0.15) is 18.4 Å². The number of carboxylic acid groups (broad SMARTS) is 2. The highest BCUT2D eigenvalue weighted by Gasteiger charge is 2.41. The summed E-state index contributed by atoms with van der Waals surface area (Å²) in [5.41, 5.74) is 1.27. The molecule has 0 aromatic carbocycles. The van der Waals surface area contributed by atoms with Gasteiger partial charge in [0.2, 0.25) is 5.88 Å². The lowest BCUT2D eigenvalue weighted by atomic mass is 10.1. The third kappa shape index (κ3) is 10.5. The summed E-state index contributed by atoms with van der Waals surface area (Å²) in [5, 5.41) is 14.2. The summed E-state index contributed by atoms with van der Waals surface area (Å²) >= 11 is 0. The van der Waals surface area contributed by atoms with Crippen LogP contribution in [0, 0.1) is 5.92 Å². The lowest BCUT2D eigenvalue weighted by Crippen LogP contribution is -2.47. The maximum Gasteiger partial charge on any atom is 0.490 e. The fourth-order valence-electron chi connectivity index (χ4n) is 3.82. The average Bonchev–Trinajstić information content (AvgIpc) is 3.28. The van der Waals surface area contributed by atoms with Crippen molar-refractivity contribution in [1.82, 2.24) is 14.9 Å². The summed E-state index contributed by atoms with van der Waals surface area (Å²) < 4.78 is 75.4. The van der Waals surface area contributed by atoms with Gasteiger partial charge in [-0.25, -0.2) is 14.6 Å². The number of morpholine rings is 1. The van der Waals surface area contributed by atoms with Gasteiger partial charge in [0.1, 0.15) is 0 Å². The summed E-state index contributed by atoms with van der Waals surface area (Å²) in [7, 11) is 0. The van der Waals surface area contributed by atoms with Gasteiger partial charge in [-0.2, -0.15) is 26.3 Å². The topological polar surface area (TPSA) is 122 Å². The summed E-state index contributed by atoms with van der Waals surface area (Å²) in [6, 6.07) is 10.4. The second kappa shape index (κ2) is 13.9. The Morgan fingerprint density at radius 1 is 1.00 bits per heavy atom. The lowest BCUT2D eigenvalue weighted by molar-refractivity contribution is -0.193. The number of hydrogen-bond acceptors (Lipinski definition) is 7. The van der Waals surface area contributed by atoms with E-state index < -0.39 is 24.3 Å². The van der Waals surface area contributed by atoms with Crippen LogP contribution in [-0.4, -0.2) is 81.3 Å². The molecule has 38 heavy (non-hydrogen) atoms. The maximum atomic E-state index is 10.6. The molecule has 2 aromatic rings. The molecule has 2 fully saturated rings. The number of pyridine rings is 2. The van der Waals surface area contributed by atoms with E-state index in [0.29, 0.717) is 30.6 Å². The van der Waals surface area contributed by atoms with Gasteiger partial charge >= 0.3 is 24.3 Å². The van der Waals surface area contributed by atoms with Crippen LogP contribution >= 0.6 is 0 Å². The molecule has 3 unspecified atom stereocenters. The quantitative estimate of drug-likeness (QED) is 0.533. The number of carbonyl (C=O) groups is 2. The Hall–Kier alpha value is -3.46. The van der Waals surface area contributed by atoms with Gasteiger partial charge in [-0.05, 0) is 36.5 Å². The van der Waals surface area contributed by atoms with E-state index in [1.54, 1.807) is 6.20 Å². The van der Waals surface area contributed by atoms with Crippen LogP contribution in [0.25, 0.3) is 0 Å². The number of aromatic nitrogens is 2. The van der Waals surface area contributed by atoms with Crippen LogP contribution in [0.2, 0.25) is 0 Å². The molecule has 3 heterocycles. The Morgan fingerprint density at radius 3 is 2.18 bits per heavy atom. The van der Waals surface area contributed by atoms with E-state index in [2.05, 4.69) is 20.9 Å². The van der Waals surface area contributed by atoms with Gasteiger partial charge < -0.3 is 19.7 Å². The van der Waals surface area contributed by atoms with E-state index in [0.717, 1.165) is 32.5 Å². The minimum Gasteiger partial charge on any atom is -0.477 e. The predicted molar refractivity (Wildman–Crippen MR) is 118 cm³/mol. The molecule has 0 amide bonds. The minimum absolute atomic E-state index is 0.327. The normalized spacial score (nSPS) is 21.2. The summed E-state index contributed by atoms with van der Waals surface area (Å²) in [6.07, 6.45) is -2.10. The Bertz CT molecular complexity index is 986. The van der Waals surface area contributed by atoms with Crippen molar-refractivity contribution in [1.29, 1.82) is 0 Å².